The first kappa shape index (κ1) is 23.1. The summed E-state index contributed by atoms with van der Waals surface area (Å²) in [6.07, 6.45) is -3.30. The normalized spacial score (nSPS) is 11.4. The van der Waals surface area contributed by atoms with Gasteiger partial charge in [0.15, 0.2) is 5.82 Å². The highest BCUT2D eigenvalue weighted by molar-refractivity contribution is 6.13. The topological polar surface area (TPSA) is 73.3 Å². The number of hydrogen-bond donors (Lipinski definition) is 1. The molecule has 1 N–H and O–H groups in total. The quantitative estimate of drug-likeness (QED) is 0.350. The lowest BCUT2D eigenvalue weighted by Gasteiger charge is -2.15. The average Bonchev–Trinajstić information content (AvgIpc) is 2.79. The molecule has 0 saturated heterocycles. The van der Waals surface area contributed by atoms with Crippen molar-refractivity contribution in [1.29, 1.82) is 0 Å². The highest BCUT2D eigenvalue weighted by Gasteiger charge is 2.34. The maximum atomic E-state index is 13.4. The molecule has 4 aromatic rings. The summed E-state index contributed by atoms with van der Waals surface area (Å²) >= 11 is 0. The molecular formula is C24H17F4N3O3. The Morgan fingerprint density at radius 1 is 1.06 bits per heavy atom. The van der Waals surface area contributed by atoms with Crippen molar-refractivity contribution in [2.45, 2.75) is 12.8 Å². The minimum absolute atomic E-state index is 0.144. The van der Waals surface area contributed by atoms with Crippen molar-refractivity contribution in [2.75, 3.05) is 12.4 Å². The van der Waals surface area contributed by atoms with Gasteiger partial charge in [-0.3, -0.25) is 4.79 Å². The molecule has 0 saturated carbocycles. The largest absolute Gasteiger partial charge is 0.439 e. The Hall–Kier alpha value is -4.05. The number of aromatic nitrogens is 2. The Kier molecular flexibility index (Phi) is 6.42. The predicted molar refractivity (Wildman–Crippen MR) is 116 cm³/mol. The maximum absolute atomic E-state index is 13.4. The second-order valence-electron chi connectivity index (χ2n) is 7.18. The molecule has 0 aliphatic carbocycles. The number of methoxy groups -OCH3 is 1. The fraction of sp³-hybridized carbons (Fsp3) is 0.125. The van der Waals surface area contributed by atoms with E-state index in [1.807, 2.05) is 0 Å². The van der Waals surface area contributed by atoms with Gasteiger partial charge in [0.25, 0.3) is 5.91 Å². The van der Waals surface area contributed by atoms with Crippen LogP contribution in [0.3, 0.4) is 0 Å². The number of anilines is 1. The van der Waals surface area contributed by atoms with Crippen LogP contribution in [-0.2, 0) is 17.5 Å². The molecule has 1 aromatic heterocycles. The van der Waals surface area contributed by atoms with E-state index < -0.39 is 29.2 Å². The molecule has 174 valence electrons. The van der Waals surface area contributed by atoms with Crippen molar-refractivity contribution < 1.29 is 31.8 Å². The summed E-state index contributed by atoms with van der Waals surface area (Å²) in [6.45, 7) is 0.220. The molecule has 3 aromatic carbocycles. The third kappa shape index (κ3) is 5.12. The number of nitrogens with zero attached hydrogens (tertiary/aromatic N) is 2. The first-order chi connectivity index (χ1) is 16.2. The van der Waals surface area contributed by atoms with Gasteiger partial charge in [-0.1, -0.05) is 12.1 Å². The van der Waals surface area contributed by atoms with Gasteiger partial charge in [-0.25, -0.2) is 9.37 Å². The fourth-order valence-electron chi connectivity index (χ4n) is 3.33. The van der Waals surface area contributed by atoms with Crippen LogP contribution in [0.2, 0.25) is 0 Å². The van der Waals surface area contributed by atoms with E-state index in [1.165, 1.54) is 19.4 Å². The predicted octanol–water partition coefficient (Wildman–Crippen LogP) is 5.98. The molecule has 0 bridgehead atoms. The van der Waals surface area contributed by atoms with E-state index in [9.17, 15) is 22.4 Å². The summed E-state index contributed by atoms with van der Waals surface area (Å²) in [5.74, 6) is -0.646. The molecule has 0 spiro atoms. The molecule has 1 heterocycles. The number of benzene rings is 3. The summed E-state index contributed by atoms with van der Waals surface area (Å²) in [5, 5.41) is 3.35. The Balaban J connectivity index is 1.61. The van der Waals surface area contributed by atoms with Crippen LogP contribution in [-0.4, -0.2) is 23.0 Å². The SMILES string of the molecule is COCc1nccc(Oc2ccc3c(C(=O)Nc4ccc(F)cc4C(F)(F)F)cccc3c2)n1. The van der Waals surface area contributed by atoms with Crippen molar-refractivity contribution >= 4 is 22.4 Å². The highest BCUT2D eigenvalue weighted by Crippen LogP contribution is 2.36. The lowest BCUT2D eigenvalue weighted by atomic mass is 10.0. The minimum Gasteiger partial charge on any atom is -0.439 e. The molecular weight excluding hydrogens is 454 g/mol. The summed E-state index contributed by atoms with van der Waals surface area (Å²) in [7, 11) is 1.52. The highest BCUT2D eigenvalue weighted by atomic mass is 19.4. The zero-order valence-corrected chi connectivity index (χ0v) is 17.7. The van der Waals surface area contributed by atoms with E-state index in [1.54, 1.807) is 36.4 Å². The van der Waals surface area contributed by atoms with Crippen LogP contribution in [0.25, 0.3) is 10.8 Å². The van der Waals surface area contributed by atoms with Crippen LogP contribution in [0.4, 0.5) is 23.2 Å². The molecule has 34 heavy (non-hydrogen) atoms. The van der Waals surface area contributed by atoms with Crippen LogP contribution >= 0.6 is 0 Å². The van der Waals surface area contributed by atoms with Gasteiger partial charge in [0.05, 0.1) is 11.3 Å². The number of ether oxygens (including phenoxy) is 2. The summed E-state index contributed by atoms with van der Waals surface area (Å²) in [6, 6.07) is 13.4. The second kappa shape index (κ2) is 9.44. The van der Waals surface area contributed by atoms with Gasteiger partial charge in [0, 0.05) is 24.9 Å². The van der Waals surface area contributed by atoms with E-state index in [4.69, 9.17) is 9.47 Å². The molecule has 0 aliphatic rings. The van der Waals surface area contributed by atoms with Gasteiger partial charge in [0.1, 0.15) is 18.2 Å². The number of nitrogens with one attached hydrogen (secondary N) is 1. The molecule has 10 heteroatoms. The van der Waals surface area contributed by atoms with Gasteiger partial charge >= 0.3 is 6.18 Å². The fourth-order valence-corrected chi connectivity index (χ4v) is 3.33. The Bertz CT molecular complexity index is 1360. The lowest BCUT2D eigenvalue weighted by molar-refractivity contribution is -0.137. The number of amides is 1. The number of alkyl halides is 3. The molecule has 1 amide bonds. The molecule has 0 aliphatic heterocycles. The average molecular weight is 471 g/mol. The van der Waals surface area contributed by atoms with Gasteiger partial charge in [0.2, 0.25) is 5.88 Å². The number of hydrogen-bond acceptors (Lipinski definition) is 5. The third-order valence-corrected chi connectivity index (χ3v) is 4.81. The summed E-state index contributed by atoms with van der Waals surface area (Å²) in [4.78, 5) is 21.1. The van der Waals surface area contributed by atoms with Crippen molar-refractivity contribution in [3.63, 3.8) is 0 Å². The molecule has 6 nitrogen and oxygen atoms in total. The maximum Gasteiger partial charge on any atom is 0.418 e. The van der Waals surface area contributed by atoms with Crippen molar-refractivity contribution in [3.05, 3.63) is 89.6 Å². The molecule has 0 fully saturated rings. The number of fused-ring (bicyclic) bond motifs is 1. The molecule has 0 unspecified atom stereocenters. The monoisotopic (exact) mass is 471 g/mol. The zero-order chi connectivity index (χ0) is 24.3. The first-order valence-corrected chi connectivity index (χ1v) is 9.94. The number of carbonyl (C=O) groups is 1. The molecule has 0 radical (unpaired) electrons. The molecule has 4 rings (SSSR count). The van der Waals surface area contributed by atoms with Crippen LogP contribution < -0.4 is 10.1 Å². The Labute approximate surface area is 191 Å². The van der Waals surface area contributed by atoms with Crippen LogP contribution in [0.1, 0.15) is 21.7 Å². The van der Waals surface area contributed by atoms with Crippen LogP contribution in [0.5, 0.6) is 11.6 Å². The van der Waals surface area contributed by atoms with Gasteiger partial charge in [-0.05, 0) is 53.2 Å². The smallest absolute Gasteiger partial charge is 0.418 e. The summed E-state index contributed by atoms with van der Waals surface area (Å²) < 4.78 is 64.0. The van der Waals surface area contributed by atoms with Crippen LogP contribution in [0.15, 0.2) is 66.9 Å². The van der Waals surface area contributed by atoms with Crippen LogP contribution in [0, 0.1) is 5.82 Å². The lowest BCUT2D eigenvalue weighted by Crippen LogP contribution is -2.17. The van der Waals surface area contributed by atoms with E-state index in [0.717, 1.165) is 12.1 Å². The zero-order valence-electron chi connectivity index (χ0n) is 17.7. The van der Waals surface area contributed by atoms with Crippen molar-refractivity contribution in [1.82, 2.24) is 9.97 Å². The van der Waals surface area contributed by atoms with E-state index in [0.29, 0.717) is 34.3 Å². The molecule has 0 atom stereocenters. The Morgan fingerprint density at radius 3 is 2.65 bits per heavy atom. The van der Waals surface area contributed by atoms with Crippen molar-refractivity contribution in [3.8, 4) is 11.6 Å². The van der Waals surface area contributed by atoms with Crippen molar-refractivity contribution in [2.24, 2.45) is 0 Å². The van der Waals surface area contributed by atoms with E-state index in [2.05, 4.69) is 15.3 Å². The first-order valence-electron chi connectivity index (χ1n) is 9.94. The Morgan fingerprint density at radius 2 is 1.88 bits per heavy atom. The second-order valence-corrected chi connectivity index (χ2v) is 7.18. The van der Waals surface area contributed by atoms with Gasteiger partial charge in [-0.2, -0.15) is 18.2 Å². The number of carbonyl (C=O) groups excluding carboxylic acids is 1. The van der Waals surface area contributed by atoms with E-state index in [-0.39, 0.29) is 12.2 Å². The van der Waals surface area contributed by atoms with E-state index >= 15 is 0 Å². The standard InChI is InChI=1S/C24H17F4N3O3/c1-33-13-21-29-10-9-22(31-21)34-16-6-7-17-14(11-16)3-2-4-18(17)23(32)30-20-8-5-15(25)12-19(20)24(26,27)28/h2-12H,13H2,1H3,(H,30,32). The minimum atomic E-state index is -4.83. The third-order valence-electron chi connectivity index (χ3n) is 4.81. The number of halogens is 4. The summed E-state index contributed by atoms with van der Waals surface area (Å²) in [5.41, 5.74) is -1.66. The van der Waals surface area contributed by atoms with Gasteiger partial charge < -0.3 is 14.8 Å². The van der Waals surface area contributed by atoms with Gasteiger partial charge in [-0.15, -0.1) is 0 Å². The number of rotatable bonds is 6.